The Labute approximate surface area is 180 Å². The van der Waals surface area contributed by atoms with E-state index in [2.05, 4.69) is 4.74 Å². The molecular weight excluding hydrogens is 426 g/mol. The fourth-order valence-electron chi connectivity index (χ4n) is 3.21. The molecule has 166 valence electrons. The lowest BCUT2D eigenvalue weighted by molar-refractivity contribution is -0.127. The minimum atomic E-state index is -3.61. The normalized spacial score (nSPS) is 15.6. The van der Waals surface area contributed by atoms with Crippen LogP contribution in [0.25, 0.3) is 6.08 Å². The topological polar surface area (TPSA) is 66.9 Å². The van der Waals surface area contributed by atoms with E-state index in [0.29, 0.717) is 5.56 Å². The van der Waals surface area contributed by atoms with E-state index in [9.17, 15) is 22.0 Å². The van der Waals surface area contributed by atoms with Gasteiger partial charge in [0.05, 0.1) is 4.90 Å². The fourth-order valence-corrected chi connectivity index (χ4v) is 4.71. The Kier molecular flexibility index (Phi) is 7.07. The molecule has 0 unspecified atom stereocenters. The average Bonchev–Trinajstić information content (AvgIpc) is 2.74. The van der Waals surface area contributed by atoms with Crippen molar-refractivity contribution in [1.29, 1.82) is 0 Å². The van der Waals surface area contributed by atoms with Gasteiger partial charge in [0.25, 0.3) is 0 Å². The summed E-state index contributed by atoms with van der Waals surface area (Å²) in [6, 6.07) is 11.0. The van der Waals surface area contributed by atoms with E-state index < -0.39 is 16.6 Å². The molecule has 1 saturated heterocycles. The van der Waals surface area contributed by atoms with Crippen LogP contribution in [0.5, 0.6) is 5.75 Å². The van der Waals surface area contributed by atoms with E-state index in [0.717, 1.165) is 11.1 Å². The van der Waals surface area contributed by atoms with Crippen molar-refractivity contribution in [2.75, 3.05) is 26.2 Å². The van der Waals surface area contributed by atoms with Crippen molar-refractivity contribution in [3.8, 4) is 5.75 Å². The third-order valence-electron chi connectivity index (χ3n) is 5.19. The number of halogens is 2. The maximum atomic E-state index is 12.9. The summed E-state index contributed by atoms with van der Waals surface area (Å²) in [7, 11) is -3.61. The molecule has 0 aromatic heterocycles. The number of amides is 1. The second kappa shape index (κ2) is 9.57. The van der Waals surface area contributed by atoms with Crippen LogP contribution in [-0.2, 0) is 14.8 Å². The molecule has 1 aliphatic rings. The first-order chi connectivity index (χ1) is 14.7. The SMILES string of the molecule is Cc1ccc(S(=O)(=O)N2CCN(C(=O)/C=C/c3ccc(OC(F)F)cc3)CC2)cc1C. The van der Waals surface area contributed by atoms with Crippen molar-refractivity contribution in [2.24, 2.45) is 0 Å². The minimum Gasteiger partial charge on any atom is -0.435 e. The lowest BCUT2D eigenvalue weighted by atomic mass is 10.1. The standard InChI is InChI=1S/C22H24F2N2O4S/c1-16-3-9-20(15-17(16)2)31(28,29)26-13-11-25(12-14-26)21(27)10-6-18-4-7-19(8-5-18)30-22(23)24/h3-10,15,22H,11-14H2,1-2H3/b10-6+. The molecule has 1 heterocycles. The third kappa shape index (κ3) is 5.68. The number of ether oxygens (including phenoxy) is 1. The molecule has 0 spiro atoms. The van der Waals surface area contributed by atoms with Crippen molar-refractivity contribution in [3.05, 3.63) is 65.2 Å². The largest absolute Gasteiger partial charge is 0.435 e. The van der Waals surface area contributed by atoms with Crippen LogP contribution in [-0.4, -0.2) is 56.3 Å². The van der Waals surface area contributed by atoms with E-state index in [1.165, 1.54) is 22.5 Å². The number of carbonyl (C=O) groups excluding carboxylic acids is 1. The van der Waals surface area contributed by atoms with Crippen LogP contribution in [0.3, 0.4) is 0 Å². The van der Waals surface area contributed by atoms with Crippen LogP contribution in [0.2, 0.25) is 0 Å². The minimum absolute atomic E-state index is 0.0413. The fraction of sp³-hybridized carbons (Fsp3) is 0.318. The molecule has 2 aromatic rings. The van der Waals surface area contributed by atoms with Crippen LogP contribution in [0.15, 0.2) is 53.4 Å². The molecule has 1 fully saturated rings. The Morgan fingerprint density at radius 3 is 2.23 bits per heavy atom. The van der Waals surface area contributed by atoms with Gasteiger partial charge in [-0.3, -0.25) is 4.79 Å². The summed E-state index contributed by atoms with van der Waals surface area (Å²) in [5, 5.41) is 0. The molecule has 31 heavy (non-hydrogen) atoms. The Balaban J connectivity index is 1.58. The number of carbonyl (C=O) groups is 1. The van der Waals surface area contributed by atoms with Gasteiger partial charge in [0.15, 0.2) is 0 Å². The first-order valence-corrected chi connectivity index (χ1v) is 11.2. The highest BCUT2D eigenvalue weighted by molar-refractivity contribution is 7.89. The van der Waals surface area contributed by atoms with Gasteiger partial charge in [-0.15, -0.1) is 0 Å². The van der Waals surface area contributed by atoms with Crippen LogP contribution >= 0.6 is 0 Å². The Morgan fingerprint density at radius 1 is 1.00 bits per heavy atom. The highest BCUT2D eigenvalue weighted by atomic mass is 32.2. The van der Waals surface area contributed by atoms with E-state index in [1.54, 1.807) is 41.3 Å². The van der Waals surface area contributed by atoms with Crippen LogP contribution in [0.1, 0.15) is 16.7 Å². The van der Waals surface area contributed by atoms with Gasteiger partial charge in [-0.25, -0.2) is 8.42 Å². The van der Waals surface area contributed by atoms with E-state index in [4.69, 9.17) is 0 Å². The van der Waals surface area contributed by atoms with E-state index >= 15 is 0 Å². The first-order valence-electron chi connectivity index (χ1n) is 9.76. The lowest BCUT2D eigenvalue weighted by Crippen LogP contribution is -2.50. The number of nitrogens with zero attached hydrogens (tertiary/aromatic N) is 2. The zero-order chi connectivity index (χ0) is 22.6. The van der Waals surface area contributed by atoms with Gasteiger partial charge in [-0.05, 0) is 60.9 Å². The van der Waals surface area contributed by atoms with Crippen molar-refractivity contribution < 1.29 is 26.7 Å². The third-order valence-corrected chi connectivity index (χ3v) is 7.08. The van der Waals surface area contributed by atoms with Crippen LogP contribution < -0.4 is 4.74 Å². The number of benzene rings is 2. The molecule has 0 radical (unpaired) electrons. The van der Waals surface area contributed by atoms with E-state index in [-0.39, 0.29) is 42.7 Å². The zero-order valence-corrected chi connectivity index (χ0v) is 18.1. The van der Waals surface area contributed by atoms with Gasteiger partial charge in [0, 0.05) is 32.3 Å². The Morgan fingerprint density at radius 2 is 1.65 bits per heavy atom. The van der Waals surface area contributed by atoms with Gasteiger partial charge in [-0.2, -0.15) is 13.1 Å². The lowest BCUT2D eigenvalue weighted by Gasteiger charge is -2.33. The van der Waals surface area contributed by atoms with Gasteiger partial charge in [-0.1, -0.05) is 18.2 Å². The summed E-state index contributed by atoms with van der Waals surface area (Å²) in [5.74, 6) is -0.198. The summed E-state index contributed by atoms with van der Waals surface area (Å²) in [4.78, 5) is 14.3. The first kappa shape index (κ1) is 22.9. The van der Waals surface area contributed by atoms with Crippen molar-refractivity contribution in [3.63, 3.8) is 0 Å². The van der Waals surface area contributed by atoms with Gasteiger partial charge in [0.2, 0.25) is 15.9 Å². The molecule has 0 atom stereocenters. The van der Waals surface area contributed by atoms with Gasteiger partial charge < -0.3 is 9.64 Å². The number of alkyl halides is 2. The number of piperazine rings is 1. The zero-order valence-electron chi connectivity index (χ0n) is 17.3. The molecule has 0 saturated carbocycles. The maximum Gasteiger partial charge on any atom is 0.387 e. The number of aryl methyl sites for hydroxylation is 2. The molecule has 0 aliphatic carbocycles. The van der Waals surface area contributed by atoms with Crippen LogP contribution in [0, 0.1) is 13.8 Å². The Bertz CT molecular complexity index is 1060. The molecule has 1 aliphatic heterocycles. The van der Waals surface area contributed by atoms with Crippen molar-refractivity contribution >= 4 is 22.0 Å². The molecule has 9 heteroatoms. The summed E-state index contributed by atoms with van der Waals surface area (Å²) in [6.07, 6.45) is 2.96. The number of hydrogen-bond acceptors (Lipinski definition) is 4. The summed E-state index contributed by atoms with van der Waals surface area (Å²) in [6.45, 7) is 1.91. The van der Waals surface area contributed by atoms with Crippen molar-refractivity contribution in [2.45, 2.75) is 25.4 Å². The smallest absolute Gasteiger partial charge is 0.387 e. The predicted molar refractivity (Wildman–Crippen MR) is 113 cm³/mol. The molecule has 0 N–H and O–H groups in total. The molecule has 3 rings (SSSR count). The number of hydrogen-bond donors (Lipinski definition) is 0. The van der Waals surface area contributed by atoms with Crippen molar-refractivity contribution in [1.82, 2.24) is 9.21 Å². The molecule has 0 bridgehead atoms. The summed E-state index contributed by atoms with van der Waals surface area (Å²) < 4.78 is 55.8. The number of rotatable bonds is 6. The van der Waals surface area contributed by atoms with Crippen LogP contribution in [0.4, 0.5) is 8.78 Å². The highest BCUT2D eigenvalue weighted by Crippen LogP contribution is 2.21. The quantitative estimate of drug-likeness (QED) is 0.633. The number of sulfonamides is 1. The predicted octanol–water partition coefficient (Wildman–Crippen LogP) is 3.45. The maximum absolute atomic E-state index is 12.9. The molecule has 1 amide bonds. The monoisotopic (exact) mass is 450 g/mol. The van der Waals surface area contributed by atoms with E-state index in [1.807, 2.05) is 13.8 Å². The Hall–Kier alpha value is -2.78. The average molecular weight is 451 g/mol. The summed E-state index contributed by atoms with van der Waals surface area (Å²) in [5.41, 5.74) is 2.59. The highest BCUT2D eigenvalue weighted by Gasteiger charge is 2.29. The second-order valence-electron chi connectivity index (χ2n) is 7.26. The summed E-state index contributed by atoms with van der Waals surface area (Å²) >= 11 is 0. The second-order valence-corrected chi connectivity index (χ2v) is 9.19. The van der Waals surface area contributed by atoms with Gasteiger partial charge >= 0.3 is 6.61 Å². The molecule has 6 nitrogen and oxygen atoms in total. The van der Waals surface area contributed by atoms with Gasteiger partial charge in [0.1, 0.15) is 5.75 Å². The molecular formula is C22H24F2N2O4S. The molecule has 2 aromatic carbocycles.